The number of rotatable bonds is 3. The molecule has 3 atom stereocenters. The van der Waals surface area contributed by atoms with Crippen LogP contribution in [0.5, 0.6) is 0 Å². The molecular weight excluding hydrogens is 369 g/mol. The first kappa shape index (κ1) is 18.3. The molecule has 4 rings (SSSR count). The summed E-state index contributed by atoms with van der Waals surface area (Å²) in [5.74, 6) is -2.03. The second-order valence-electron chi connectivity index (χ2n) is 7.08. The molecule has 0 spiro atoms. The van der Waals surface area contributed by atoms with E-state index < -0.39 is 23.8 Å². The van der Waals surface area contributed by atoms with Gasteiger partial charge in [-0.15, -0.1) is 0 Å². The summed E-state index contributed by atoms with van der Waals surface area (Å²) in [5, 5.41) is 1.61. The summed E-state index contributed by atoms with van der Waals surface area (Å²) in [5.41, 5.74) is 3.03. The minimum Gasteiger partial charge on any atom is -0.298 e. The highest BCUT2D eigenvalue weighted by Gasteiger charge is 2.55. The van der Waals surface area contributed by atoms with Crippen molar-refractivity contribution in [3.8, 4) is 11.1 Å². The normalized spacial score (nSPS) is 25.3. The first-order chi connectivity index (χ1) is 12.9. The van der Waals surface area contributed by atoms with Gasteiger partial charge >= 0.3 is 0 Å². The fourth-order valence-corrected chi connectivity index (χ4v) is 4.16. The molecule has 6 heteroatoms. The average molecular weight is 388 g/mol. The van der Waals surface area contributed by atoms with Crippen LogP contribution in [0.3, 0.4) is 0 Å². The van der Waals surface area contributed by atoms with E-state index in [9.17, 15) is 14.0 Å². The largest absolute Gasteiger partial charge is 0.298 e. The topological polar surface area (TPSA) is 46.6 Å². The van der Waals surface area contributed by atoms with E-state index in [-0.39, 0.29) is 16.6 Å². The van der Waals surface area contributed by atoms with Gasteiger partial charge < -0.3 is 0 Å². The van der Waals surface area contributed by atoms with Crippen LogP contribution in [0.1, 0.15) is 24.0 Å². The molecule has 0 aromatic heterocycles. The van der Waals surface area contributed by atoms with Gasteiger partial charge in [0.25, 0.3) is 0 Å². The van der Waals surface area contributed by atoms with E-state index in [1.165, 1.54) is 12.1 Å². The molecule has 1 aliphatic carbocycles. The molecular formula is C21H19ClFNO3. The molecule has 1 heterocycles. The van der Waals surface area contributed by atoms with E-state index >= 15 is 0 Å². The Morgan fingerprint density at radius 3 is 2.52 bits per heavy atom. The quantitative estimate of drug-likeness (QED) is 0.751. The number of Topliss-reactive ketones (excluding diaryl/α,β-unsaturated/α-hetero) is 2. The SMILES string of the molecule is CCc1ccc(-c2ccc(Cl)c(F)c2)cc1C1C(=O)C2CN(C)OC2C1=O. The Morgan fingerprint density at radius 2 is 1.85 bits per heavy atom. The Kier molecular flexibility index (Phi) is 4.62. The highest BCUT2D eigenvalue weighted by Crippen LogP contribution is 2.40. The number of halogens is 2. The van der Waals surface area contributed by atoms with Crippen LogP contribution < -0.4 is 0 Å². The van der Waals surface area contributed by atoms with Gasteiger partial charge in [0.1, 0.15) is 17.8 Å². The number of ketones is 2. The summed E-state index contributed by atoms with van der Waals surface area (Å²) in [6.45, 7) is 2.41. The molecule has 2 fully saturated rings. The van der Waals surface area contributed by atoms with Gasteiger partial charge in [-0.25, -0.2) is 4.39 Å². The average Bonchev–Trinajstić information content (AvgIpc) is 3.14. The van der Waals surface area contributed by atoms with Crippen molar-refractivity contribution in [2.24, 2.45) is 5.92 Å². The molecule has 1 saturated heterocycles. The maximum atomic E-state index is 13.9. The Hall–Kier alpha value is -2.08. The summed E-state index contributed by atoms with van der Waals surface area (Å²) in [6.07, 6.45) is -0.00794. The highest BCUT2D eigenvalue weighted by atomic mass is 35.5. The lowest BCUT2D eigenvalue weighted by Crippen LogP contribution is -2.25. The molecule has 1 saturated carbocycles. The zero-order chi connectivity index (χ0) is 19.3. The first-order valence-corrected chi connectivity index (χ1v) is 9.32. The third-order valence-electron chi connectivity index (χ3n) is 5.42. The molecule has 0 bridgehead atoms. The molecule has 4 nitrogen and oxygen atoms in total. The van der Waals surface area contributed by atoms with Crippen LogP contribution in [0.15, 0.2) is 36.4 Å². The predicted octanol–water partition coefficient (Wildman–Crippen LogP) is 3.81. The predicted molar refractivity (Wildman–Crippen MR) is 100.0 cm³/mol. The Morgan fingerprint density at radius 1 is 1.15 bits per heavy atom. The second-order valence-corrected chi connectivity index (χ2v) is 7.48. The van der Waals surface area contributed by atoms with Crippen molar-refractivity contribution in [3.63, 3.8) is 0 Å². The Bertz CT molecular complexity index is 921. The van der Waals surface area contributed by atoms with Gasteiger partial charge in [-0.05, 0) is 46.9 Å². The van der Waals surface area contributed by atoms with Gasteiger partial charge in [0.15, 0.2) is 11.6 Å². The fraction of sp³-hybridized carbons (Fsp3) is 0.333. The van der Waals surface area contributed by atoms with E-state index in [0.717, 1.165) is 11.1 Å². The second kappa shape index (κ2) is 6.82. The summed E-state index contributed by atoms with van der Waals surface area (Å²) in [7, 11) is 1.72. The number of fused-ring (bicyclic) bond motifs is 1. The zero-order valence-electron chi connectivity index (χ0n) is 15.0. The molecule has 2 aromatic carbocycles. The maximum Gasteiger partial charge on any atom is 0.179 e. The molecule has 0 radical (unpaired) electrons. The summed E-state index contributed by atoms with van der Waals surface area (Å²) in [4.78, 5) is 31.4. The maximum absolute atomic E-state index is 13.9. The number of nitrogens with zero attached hydrogens (tertiary/aromatic N) is 1. The number of hydroxylamine groups is 2. The van der Waals surface area contributed by atoms with Crippen LogP contribution in [0.4, 0.5) is 4.39 Å². The third kappa shape index (κ3) is 3.00. The van der Waals surface area contributed by atoms with Crippen LogP contribution in [-0.4, -0.2) is 36.3 Å². The van der Waals surface area contributed by atoms with Gasteiger partial charge in [0.05, 0.1) is 10.9 Å². The number of hydrogen-bond acceptors (Lipinski definition) is 4. The van der Waals surface area contributed by atoms with Gasteiger partial charge in [-0.3, -0.25) is 14.4 Å². The third-order valence-corrected chi connectivity index (χ3v) is 5.72. The van der Waals surface area contributed by atoms with Crippen LogP contribution in [-0.2, 0) is 20.8 Å². The first-order valence-electron chi connectivity index (χ1n) is 8.94. The van der Waals surface area contributed by atoms with Crippen molar-refractivity contribution < 1.29 is 18.8 Å². The van der Waals surface area contributed by atoms with Crippen molar-refractivity contribution in [1.29, 1.82) is 0 Å². The van der Waals surface area contributed by atoms with Gasteiger partial charge in [-0.1, -0.05) is 36.7 Å². The van der Waals surface area contributed by atoms with Gasteiger partial charge in [-0.2, -0.15) is 5.06 Å². The van der Waals surface area contributed by atoms with E-state index in [1.807, 2.05) is 25.1 Å². The van der Waals surface area contributed by atoms with Crippen molar-refractivity contribution >= 4 is 23.2 Å². The minimum atomic E-state index is -0.819. The molecule has 2 aromatic rings. The summed E-state index contributed by atoms with van der Waals surface area (Å²) >= 11 is 5.77. The molecule has 2 aliphatic rings. The highest BCUT2D eigenvalue weighted by molar-refractivity contribution is 6.30. The van der Waals surface area contributed by atoms with Crippen molar-refractivity contribution in [2.75, 3.05) is 13.6 Å². The standard InChI is InChI=1S/C21H19ClFNO3/c1-3-11-4-5-12(13-6-7-16(22)17(23)9-13)8-14(11)18-19(25)15-10-24(2)27-21(15)20(18)26/h4-9,15,18,21H,3,10H2,1-2H3. The monoisotopic (exact) mass is 387 g/mol. The van der Waals surface area contributed by atoms with Crippen molar-refractivity contribution in [3.05, 3.63) is 58.4 Å². The van der Waals surface area contributed by atoms with Crippen LogP contribution in [0.2, 0.25) is 5.02 Å². The molecule has 0 amide bonds. The van der Waals surface area contributed by atoms with E-state index in [4.69, 9.17) is 16.4 Å². The number of carbonyl (C=O) groups is 2. The van der Waals surface area contributed by atoms with Crippen LogP contribution >= 0.6 is 11.6 Å². The molecule has 1 aliphatic heterocycles. The summed E-state index contributed by atoms with van der Waals surface area (Å²) < 4.78 is 13.9. The summed E-state index contributed by atoms with van der Waals surface area (Å²) in [6, 6.07) is 10.2. The lowest BCUT2D eigenvalue weighted by molar-refractivity contribution is -0.154. The molecule has 140 valence electrons. The van der Waals surface area contributed by atoms with Crippen LogP contribution in [0.25, 0.3) is 11.1 Å². The van der Waals surface area contributed by atoms with Gasteiger partial charge in [0, 0.05) is 13.6 Å². The molecule has 27 heavy (non-hydrogen) atoms. The number of benzene rings is 2. The number of hydrogen-bond donors (Lipinski definition) is 0. The number of carbonyl (C=O) groups excluding carboxylic acids is 2. The minimum absolute atomic E-state index is 0.0550. The Labute approximate surface area is 161 Å². The van der Waals surface area contributed by atoms with E-state index in [2.05, 4.69) is 0 Å². The van der Waals surface area contributed by atoms with E-state index in [1.54, 1.807) is 18.2 Å². The van der Waals surface area contributed by atoms with Crippen LogP contribution in [0, 0.1) is 11.7 Å². The smallest absolute Gasteiger partial charge is 0.179 e. The molecule has 0 N–H and O–H groups in total. The van der Waals surface area contributed by atoms with Crippen molar-refractivity contribution in [1.82, 2.24) is 5.06 Å². The molecule has 3 unspecified atom stereocenters. The van der Waals surface area contributed by atoms with E-state index in [0.29, 0.717) is 24.1 Å². The zero-order valence-corrected chi connectivity index (χ0v) is 15.8. The fourth-order valence-electron chi connectivity index (χ4n) is 4.04. The lowest BCUT2D eigenvalue weighted by Gasteiger charge is -2.17. The van der Waals surface area contributed by atoms with Crippen molar-refractivity contribution in [2.45, 2.75) is 25.4 Å². The van der Waals surface area contributed by atoms with Gasteiger partial charge in [0.2, 0.25) is 0 Å². The lowest BCUT2D eigenvalue weighted by atomic mass is 9.87. The number of aryl methyl sites for hydroxylation is 1. The Balaban J connectivity index is 1.77.